The lowest BCUT2D eigenvalue weighted by atomic mass is 9.85. The molecule has 2 aromatic carbocycles. The van der Waals surface area contributed by atoms with E-state index in [2.05, 4.69) is 10.3 Å². The van der Waals surface area contributed by atoms with Gasteiger partial charge in [-0.05, 0) is 47.9 Å². The molecule has 1 atom stereocenters. The number of pyridine rings is 1. The summed E-state index contributed by atoms with van der Waals surface area (Å²) in [6.45, 7) is 0.251. The first-order valence-electron chi connectivity index (χ1n) is 10.3. The highest BCUT2D eigenvalue weighted by atomic mass is 19.1. The lowest BCUT2D eigenvalue weighted by molar-refractivity contribution is -0.121. The van der Waals surface area contributed by atoms with Gasteiger partial charge in [-0.25, -0.2) is 9.37 Å². The Bertz CT molecular complexity index is 1230. The van der Waals surface area contributed by atoms with E-state index in [9.17, 15) is 18.8 Å². The van der Waals surface area contributed by atoms with Crippen LogP contribution in [-0.4, -0.2) is 36.7 Å². The lowest BCUT2D eigenvalue weighted by Gasteiger charge is -2.30. The maximum atomic E-state index is 13.6. The first-order valence-corrected chi connectivity index (χ1v) is 10.3. The number of ketones is 1. The molecular formula is C25H22FN3O4. The zero-order valence-corrected chi connectivity index (χ0v) is 18.2. The van der Waals surface area contributed by atoms with Crippen molar-refractivity contribution in [3.8, 4) is 5.88 Å². The summed E-state index contributed by atoms with van der Waals surface area (Å²) < 4.78 is 18.6. The second kappa shape index (κ2) is 9.20. The minimum Gasteiger partial charge on any atom is -0.481 e. The van der Waals surface area contributed by atoms with Crippen LogP contribution < -0.4 is 15.0 Å². The predicted octanol–water partition coefficient (Wildman–Crippen LogP) is 3.18. The number of halogens is 1. The Labute approximate surface area is 190 Å². The van der Waals surface area contributed by atoms with Crippen LogP contribution in [-0.2, 0) is 17.8 Å². The second-order valence-electron chi connectivity index (χ2n) is 7.77. The number of ether oxygens (including phenoxy) is 1. The molecule has 0 fully saturated rings. The third-order valence-electron chi connectivity index (χ3n) is 5.62. The number of methoxy groups -OCH3 is 1. The van der Waals surface area contributed by atoms with Crippen molar-refractivity contribution in [2.75, 3.05) is 19.1 Å². The average Bonchev–Trinajstić information content (AvgIpc) is 2.83. The number of anilines is 1. The first kappa shape index (κ1) is 22.1. The van der Waals surface area contributed by atoms with Gasteiger partial charge in [0.2, 0.25) is 11.8 Å². The Balaban J connectivity index is 1.53. The minimum absolute atomic E-state index is 0.0834. The third-order valence-corrected chi connectivity index (χ3v) is 5.62. The highest BCUT2D eigenvalue weighted by Crippen LogP contribution is 2.32. The second-order valence-corrected chi connectivity index (χ2v) is 7.77. The molecule has 168 valence electrons. The summed E-state index contributed by atoms with van der Waals surface area (Å²) in [6, 6.07) is 14.0. The van der Waals surface area contributed by atoms with E-state index in [4.69, 9.17) is 4.74 Å². The molecule has 1 unspecified atom stereocenters. The molecule has 1 N–H and O–H groups in total. The van der Waals surface area contributed by atoms with Gasteiger partial charge in [-0.2, -0.15) is 0 Å². The van der Waals surface area contributed by atoms with Crippen molar-refractivity contribution in [1.29, 1.82) is 0 Å². The number of Topliss-reactive ketones (excluding diaryl/α,β-unsaturated/α-hetero) is 1. The van der Waals surface area contributed by atoms with Gasteiger partial charge >= 0.3 is 0 Å². The van der Waals surface area contributed by atoms with E-state index in [1.54, 1.807) is 49.6 Å². The molecule has 0 bridgehead atoms. The fourth-order valence-corrected chi connectivity index (χ4v) is 3.82. The molecule has 2 heterocycles. The zero-order chi connectivity index (χ0) is 23.5. The number of benzene rings is 2. The number of carbonyl (C=O) groups is 3. The van der Waals surface area contributed by atoms with Crippen molar-refractivity contribution in [3.63, 3.8) is 0 Å². The van der Waals surface area contributed by atoms with Crippen LogP contribution in [0.15, 0.2) is 60.8 Å². The summed E-state index contributed by atoms with van der Waals surface area (Å²) in [5, 5.41) is 2.80. The lowest BCUT2D eigenvalue weighted by Crippen LogP contribution is -2.43. The van der Waals surface area contributed by atoms with Gasteiger partial charge in [0, 0.05) is 37.0 Å². The van der Waals surface area contributed by atoms with E-state index < -0.39 is 11.7 Å². The van der Waals surface area contributed by atoms with Gasteiger partial charge in [0.05, 0.1) is 12.8 Å². The number of rotatable bonds is 6. The molecule has 2 amide bonds. The summed E-state index contributed by atoms with van der Waals surface area (Å²) in [5.41, 5.74) is 2.38. The zero-order valence-electron chi connectivity index (χ0n) is 18.2. The predicted molar refractivity (Wildman–Crippen MR) is 120 cm³/mol. The number of hydrogen-bond donors (Lipinski definition) is 1. The largest absolute Gasteiger partial charge is 0.481 e. The number of aromatic nitrogens is 1. The molecule has 7 nitrogen and oxygen atoms in total. The molecule has 8 heteroatoms. The maximum absolute atomic E-state index is 13.6. The van der Waals surface area contributed by atoms with E-state index in [1.165, 1.54) is 30.2 Å². The summed E-state index contributed by atoms with van der Waals surface area (Å²) in [7, 11) is 3.11. The average molecular weight is 447 g/mol. The number of nitrogens with one attached hydrogen (secondary N) is 1. The minimum atomic E-state index is -0.979. The van der Waals surface area contributed by atoms with Crippen molar-refractivity contribution in [1.82, 2.24) is 10.3 Å². The molecule has 1 aliphatic heterocycles. The van der Waals surface area contributed by atoms with E-state index in [1.807, 2.05) is 0 Å². The molecule has 0 saturated carbocycles. The molecular weight excluding hydrogens is 425 g/mol. The van der Waals surface area contributed by atoms with E-state index >= 15 is 0 Å². The van der Waals surface area contributed by atoms with Gasteiger partial charge in [-0.1, -0.05) is 18.2 Å². The first-order chi connectivity index (χ1) is 15.9. The van der Waals surface area contributed by atoms with Crippen molar-refractivity contribution in [2.24, 2.45) is 5.92 Å². The van der Waals surface area contributed by atoms with Crippen LogP contribution in [0.5, 0.6) is 5.88 Å². The summed E-state index contributed by atoms with van der Waals surface area (Å²) in [5.74, 6) is -2.03. The van der Waals surface area contributed by atoms with Crippen molar-refractivity contribution in [3.05, 3.63) is 88.9 Å². The molecule has 0 saturated heterocycles. The number of hydrogen-bond acceptors (Lipinski definition) is 5. The van der Waals surface area contributed by atoms with Crippen LogP contribution in [0, 0.1) is 11.7 Å². The van der Waals surface area contributed by atoms with Crippen LogP contribution in [0.1, 0.15) is 31.8 Å². The Kier molecular flexibility index (Phi) is 6.17. The Hall–Kier alpha value is -4.07. The van der Waals surface area contributed by atoms with Gasteiger partial charge in [0.25, 0.3) is 5.91 Å². The van der Waals surface area contributed by atoms with Crippen LogP contribution in [0.2, 0.25) is 0 Å². The number of fused-ring (bicyclic) bond motifs is 1. The molecule has 33 heavy (non-hydrogen) atoms. The van der Waals surface area contributed by atoms with E-state index in [0.29, 0.717) is 22.7 Å². The number of carbonyl (C=O) groups excluding carboxylic acids is 3. The van der Waals surface area contributed by atoms with Crippen LogP contribution in [0.25, 0.3) is 0 Å². The highest BCUT2D eigenvalue weighted by molar-refractivity contribution is 6.22. The highest BCUT2D eigenvalue weighted by Gasteiger charge is 2.38. The van der Waals surface area contributed by atoms with E-state index in [0.717, 1.165) is 5.56 Å². The monoisotopic (exact) mass is 447 g/mol. The molecule has 4 rings (SSSR count). The van der Waals surface area contributed by atoms with Crippen LogP contribution in [0.3, 0.4) is 0 Å². The summed E-state index contributed by atoms with van der Waals surface area (Å²) in [6.07, 6.45) is 1.69. The van der Waals surface area contributed by atoms with Crippen LogP contribution >= 0.6 is 0 Å². The standard InChI is InChI=1S/C25H22FN3O4/c1-29-21-8-7-17(24(31)28-14-16-6-9-22(33-2)27-13-16)12-19(21)23(30)20(25(29)32)11-15-4-3-5-18(26)10-15/h3-10,12-13,20H,11,14H2,1-2H3,(H,28,31). The van der Waals surface area contributed by atoms with E-state index in [-0.39, 0.29) is 36.1 Å². The van der Waals surface area contributed by atoms with Gasteiger partial charge in [-0.3, -0.25) is 14.4 Å². The van der Waals surface area contributed by atoms with Gasteiger partial charge in [0.1, 0.15) is 11.7 Å². The number of amides is 2. The normalized spacial score (nSPS) is 15.2. The van der Waals surface area contributed by atoms with Crippen molar-refractivity contribution < 1.29 is 23.5 Å². The smallest absolute Gasteiger partial charge is 0.251 e. The van der Waals surface area contributed by atoms with Gasteiger partial charge < -0.3 is 15.0 Å². The molecule has 1 aliphatic rings. The van der Waals surface area contributed by atoms with Crippen LogP contribution in [0.4, 0.5) is 10.1 Å². The summed E-state index contributed by atoms with van der Waals surface area (Å²) >= 11 is 0. The molecule has 0 radical (unpaired) electrons. The molecule has 3 aromatic rings. The Morgan fingerprint density at radius 3 is 2.64 bits per heavy atom. The summed E-state index contributed by atoms with van der Waals surface area (Å²) in [4.78, 5) is 44.2. The topological polar surface area (TPSA) is 88.6 Å². The molecule has 0 spiro atoms. The maximum Gasteiger partial charge on any atom is 0.251 e. The fraction of sp³-hybridized carbons (Fsp3) is 0.200. The van der Waals surface area contributed by atoms with Crippen molar-refractivity contribution >= 4 is 23.3 Å². The van der Waals surface area contributed by atoms with Crippen molar-refractivity contribution in [2.45, 2.75) is 13.0 Å². The Morgan fingerprint density at radius 1 is 1.12 bits per heavy atom. The number of nitrogens with zero attached hydrogens (tertiary/aromatic N) is 2. The molecule has 1 aromatic heterocycles. The third kappa shape index (κ3) is 4.59. The quantitative estimate of drug-likeness (QED) is 0.587. The SMILES string of the molecule is COc1ccc(CNC(=O)c2ccc3c(c2)C(=O)C(Cc2cccc(F)c2)C(=O)N3C)cn1. The molecule has 0 aliphatic carbocycles. The van der Waals surface area contributed by atoms with Gasteiger partial charge in [-0.15, -0.1) is 0 Å². The Morgan fingerprint density at radius 2 is 1.94 bits per heavy atom. The fourth-order valence-electron chi connectivity index (χ4n) is 3.82. The van der Waals surface area contributed by atoms with Gasteiger partial charge in [0.15, 0.2) is 5.78 Å².